The molecule has 0 fully saturated rings. The lowest BCUT2D eigenvalue weighted by Gasteiger charge is -2.09. The second-order valence-electron chi connectivity index (χ2n) is 5.70. The minimum atomic E-state index is -0.0697. The van der Waals surface area contributed by atoms with E-state index in [1.165, 1.54) is 11.8 Å². The van der Waals surface area contributed by atoms with Crippen molar-refractivity contribution in [3.63, 3.8) is 0 Å². The summed E-state index contributed by atoms with van der Waals surface area (Å²) in [5.41, 5.74) is 2.64. The number of rotatable bonds is 6. The number of Topliss-reactive ketones (excluding diaryl/α,β-unsaturated/α-hetero) is 1. The Morgan fingerprint density at radius 1 is 1.15 bits per heavy atom. The van der Waals surface area contributed by atoms with Crippen LogP contribution in [-0.4, -0.2) is 26.3 Å². The molecular formula is C19H17Cl2N3OS. The van der Waals surface area contributed by atoms with Crippen molar-refractivity contribution in [3.8, 4) is 11.4 Å². The number of hydrogen-bond acceptors (Lipinski definition) is 4. The fourth-order valence-electron chi connectivity index (χ4n) is 2.63. The van der Waals surface area contributed by atoms with Crippen LogP contribution in [0.1, 0.15) is 22.8 Å². The van der Waals surface area contributed by atoms with E-state index in [2.05, 4.69) is 10.2 Å². The van der Waals surface area contributed by atoms with Crippen LogP contribution in [-0.2, 0) is 6.54 Å². The fraction of sp³-hybridized carbons (Fsp3) is 0.211. The second kappa shape index (κ2) is 8.25. The van der Waals surface area contributed by atoms with E-state index in [1.54, 1.807) is 18.2 Å². The Labute approximate surface area is 166 Å². The van der Waals surface area contributed by atoms with Gasteiger partial charge in [0.15, 0.2) is 16.8 Å². The number of aromatic nitrogens is 3. The van der Waals surface area contributed by atoms with E-state index < -0.39 is 0 Å². The SMILES string of the molecule is CCn1c(SCC(=O)c2ccc(Cl)cc2Cl)nnc1-c1ccccc1C. The highest BCUT2D eigenvalue weighted by Gasteiger charge is 2.17. The first kappa shape index (κ1) is 19.0. The van der Waals surface area contributed by atoms with Crippen LogP contribution in [0.3, 0.4) is 0 Å². The third kappa shape index (κ3) is 3.95. The van der Waals surface area contributed by atoms with Crippen molar-refractivity contribution in [2.45, 2.75) is 25.5 Å². The van der Waals surface area contributed by atoms with Crippen LogP contribution in [0.4, 0.5) is 0 Å². The first-order chi connectivity index (χ1) is 12.5. The highest BCUT2D eigenvalue weighted by molar-refractivity contribution is 7.99. The predicted octanol–water partition coefficient (Wildman–Crippen LogP) is 5.56. The van der Waals surface area contributed by atoms with Crippen molar-refractivity contribution in [1.82, 2.24) is 14.8 Å². The summed E-state index contributed by atoms with van der Waals surface area (Å²) in [4.78, 5) is 12.5. The third-order valence-electron chi connectivity index (χ3n) is 3.98. The van der Waals surface area contributed by atoms with Crippen LogP contribution in [0.5, 0.6) is 0 Å². The molecule has 0 aliphatic rings. The van der Waals surface area contributed by atoms with Gasteiger partial charge in [0.25, 0.3) is 0 Å². The van der Waals surface area contributed by atoms with Crippen LogP contribution < -0.4 is 0 Å². The predicted molar refractivity (Wildman–Crippen MR) is 107 cm³/mol. The minimum Gasteiger partial charge on any atom is -0.302 e. The van der Waals surface area contributed by atoms with Crippen LogP contribution in [0.15, 0.2) is 47.6 Å². The topological polar surface area (TPSA) is 47.8 Å². The van der Waals surface area contributed by atoms with E-state index in [-0.39, 0.29) is 11.5 Å². The lowest BCUT2D eigenvalue weighted by molar-refractivity contribution is 0.102. The number of benzene rings is 2. The molecule has 0 saturated carbocycles. The molecule has 7 heteroatoms. The van der Waals surface area contributed by atoms with Gasteiger partial charge in [-0.2, -0.15) is 0 Å². The molecule has 0 atom stereocenters. The van der Waals surface area contributed by atoms with Crippen molar-refractivity contribution in [2.75, 3.05) is 5.75 Å². The van der Waals surface area contributed by atoms with Crippen LogP contribution in [0, 0.1) is 6.92 Å². The number of ketones is 1. The molecule has 0 saturated heterocycles. The summed E-state index contributed by atoms with van der Waals surface area (Å²) < 4.78 is 2.02. The number of thioether (sulfide) groups is 1. The van der Waals surface area contributed by atoms with E-state index in [1.807, 2.05) is 42.7 Å². The molecule has 0 unspecified atom stereocenters. The number of carbonyl (C=O) groups excluding carboxylic acids is 1. The van der Waals surface area contributed by atoms with Crippen LogP contribution in [0.25, 0.3) is 11.4 Å². The van der Waals surface area contributed by atoms with Gasteiger partial charge in [0.05, 0.1) is 10.8 Å². The average molecular weight is 406 g/mol. The number of hydrogen-bond donors (Lipinski definition) is 0. The van der Waals surface area contributed by atoms with Crippen molar-refractivity contribution < 1.29 is 4.79 Å². The van der Waals surface area contributed by atoms with Crippen LogP contribution in [0.2, 0.25) is 10.0 Å². The molecule has 0 spiro atoms. The first-order valence-corrected chi connectivity index (χ1v) is 9.85. The zero-order chi connectivity index (χ0) is 18.7. The molecular weight excluding hydrogens is 389 g/mol. The molecule has 1 heterocycles. The van der Waals surface area contributed by atoms with Gasteiger partial charge >= 0.3 is 0 Å². The number of carbonyl (C=O) groups is 1. The Kier molecular flexibility index (Phi) is 6.01. The molecule has 0 amide bonds. The Hall–Kier alpha value is -1.82. The van der Waals surface area contributed by atoms with Gasteiger partial charge in [0, 0.05) is 22.7 Å². The lowest BCUT2D eigenvalue weighted by atomic mass is 10.1. The molecule has 0 bridgehead atoms. The molecule has 0 N–H and O–H groups in total. The highest BCUT2D eigenvalue weighted by Crippen LogP contribution is 2.28. The molecule has 2 aromatic carbocycles. The summed E-state index contributed by atoms with van der Waals surface area (Å²) in [6.45, 7) is 4.80. The zero-order valence-electron chi connectivity index (χ0n) is 14.4. The maximum Gasteiger partial charge on any atom is 0.191 e. The second-order valence-corrected chi connectivity index (χ2v) is 7.49. The minimum absolute atomic E-state index is 0.0697. The zero-order valence-corrected chi connectivity index (χ0v) is 16.7. The largest absolute Gasteiger partial charge is 0.302 e. The van der Waals surface area contributed by atoms with E-state index in [0.29, 0.717) is 20.8 Å². The quantitative estimate of drug-likeness (QED) is 0.398. The molecule has 0 aliphatic heterocycles. The third-order valence-corrected chi connectivity index (χ3v) is 5.50. The van der Waals surface area contributed by atoms with E-state index in [9.17, 15) is 4.79 Å². The van der Waals surface area contributed by atoms with E-state index in [0.717, 1.165) is 23.5 Å². The van der Waals surface area contributed by atoms with Gasteiger partial charge in [-0.1, -0.05) is 59.2 Å². The van der Waals surface area contributed by atoms with Crippen molar-refractivity contribution in [2.24, 2.45) is 0 Å². The molecule has 1 aromatic heterocycles. The van der Waals surface area contributed by atoms with E-state index in [4.69, 9.17) is 23.2 Å². The normalized spacial score (nSPS) is 10.9. The van der Waals surface area contributed by atoms with E-state index >= 15 is 0 Å². The highest BCUT2D eigenvalue weighted by atomic mass is 35.5. The van der Waals surface area contributed by atoms with Gasteiger partial charge in [0.1, 0.15) is 0 Å². The molecule has 26 heavy (non-hydrogen) atoms. The monoisotopic (exact) mass is 405 g/mol. The van der Waals surface area contributed by atoms with Gasteiger partial charge in [-0.3, -0.25) is 4.79 Å². The Balaban J connectivity index is 1.81. The van der Waals surface area contributed by atoms with Gasteiger partial charge in [-0.25, -0.2) is 0 Å². The average Bonchev–Trinajstić information content (AvgIpc) is 3.02. The Morgan fingerprint density at radius 2 is 1.92 bits per heavy atom. The molecule has 3 rings (SSSR count). The van der Waals surface area contributed by atoms with Gasteiger partial charge in [-0.05, 0) is 37.6 Å². The number of nitrogens with zero attached hydrogens (tertiary/aromatic N) is 3. The Morgan fingerprint density at radius 3 is 2.62 bits per heavy atom. The first-order valence-electron chi connectivity index (χ1n) is 8.11. The summed E-state index contributed by atoms with van der Waals surface area (Å²) in [5, 5.41) is 10.2. The number of halogens is 2. The molecule has 0 radical (unpaired) electrons. The summed E-state index contributed by atoms with van der Waals surface area (Å²) in [7, 11) is 0. The van der Waals surface area contributed by atoms with Gasteiger partial charge in [-0.15, -0.1) is 10.2 Å². The van der Waals surface area contributed by atoms with Crippen molar-refractivity contribution >= 4 is 40.7 Å². The molecule has 0 aliphatic carbocycles. The summed E-state index contributed by atoms with van der Waals surface area (Å²) in [6, 6.07) is 12.9. The summed E-state index contributed by atoms with van der Waals surface area (Å²) in [5.74, 6) is 0.970. The maximum absolute atomic E-state index is 12.5. The lowest BCUT2D eigenvalue weighted by Crippen LogP contribution is -2.06. The number of aryl methyl sites for hydroxylation is 1. The van der Waals surface area contributed by atoms with Gasteiger partial charge < -0.3 is 4.57 Å². The van der Waals surface area contributed by atoms with Crippen LogP contribution >= 0.6 is 35.0 Å². The standard InChI is InChI=1S/C19H17Cl2N3OS/c1-3-24-18(14-7-5-4-6-12(14)2)22-23-19(24)26-11-17(25)15-9-8-13(20)10-16(15)21/h4-10H,3,11H2,1-2H3. The fourth-order valence-corrected chi connectivity index (χ4v) is 4.03. The van der Waals surface area contributed by atoms with Crippen molar-refractivity contribution in [3.05, 3.63) is 63.6 Å². The summed E-state index contributed by atoms with van der Waals surface area (Å²) in [6.07, 6.45) is 0. The maximum atomic E-state index is 12.5. The van der Waals surface area contributed by atoms with Gasteiger partial charge in [0.2, 0.25) is 0 Å². The smallest absolute Gasteiger partial charge is 0.191 e. The Bertz CT molecular complexity index is 956. The molecule has 134 valence electrons. The molecule has 3 aromatic rings. The molecule has 4 nitrogen and oxygen atoms in total. The summed E-state index contributed by atoms with van der Waals surface area (Å²) >= 11 is 13.4. The van der Waals surface area contributed by atoms with Crippen molar-refractivity contribution in [1.29, 1.82) is 0 Å².